The van der Waals surface area contributed by atoms with Crippen LogP contribution in [0.2, 0.25) is 0 Å². The van der Waals surface area contributed by atoms with E-state index < -0.39 is 12.2 Å². The monoisotopic (exact) mass is 281 g/mol. The summed E-state index contributed by atoms with van der Waals surface area (Å²) >= 11 is 0. The molecule has 20 heavy (non-hydrogen) atoms. The minimum Gasteiger partial charge on any atom is -0.492 e. The number of aliphatic hydroxyl groups is 2. The number of ether oxygens (including phenoxy) is 1. The second-order valence-corrected chi connectivity index (χ2v) is 4.75. The summed E-state index contributed by atoms with van der Waals surface area (Å²) in [5.74, 6) is 0.733. The zero-order valence-electron chi connectivity index (χ0n) is 11.0. The molecule has 1 heterocycles. The molecule has 1 aromatic carbocycles. The molecule has 0 radical (unpaired) electrons. The Morgan fingerprint density at radius 3 is 2.40 bits per heavy atom. The van der Waals surface area contributed by atoms with Gasteiger partial charge in [0.25, 0.3) is 0 Å². The van der Waals surface area contributed by atoms with Gasteiger partial charge in [-0.1, -0.05) is 5.16 Å². The normalized spacial score (nSPS) is 24.0. The van der Waals surface area contributed by atoms with E-state index in [4.69, 9.17) is 15.7 Å². The number of hydrogen-bond acceptors (Lipinski definition) is 6. The van der Waals surface area contributed by atoms with Gasteiger partial charge in [-0.2, -0.15) is 0 Å². The minimum atomic E-state index is -0.671. The maximum Gasteiger partial charge on any atom is 0.170 e. The highest BCUT2D eigenvalue weighted by Crippen LogP contribution is 2.13. The Kier molecular flexibility index (Phi) is 4.78. The number of oxime groups is 1. The molecule has 1 aromatic rings. The van der Waals surface area contributed by atoms with Gasteiger partial charge in [0.1, 0.15) is 12.4 Å². The minimum absolute atomic E-state index is 0.0524. The standard InChI is InChI=1S/C13H19N3O4/c14-13(15-19)9-1-3-10(4-2-9)20-6-5-16-7-11(17)12(18)8-16/h1-4,11-12,17-19H,5-8H2,(H2,14,15). The van der Waals surface area contributed by atoms with E-state index in [1.165, 1.54) is 0 Å². The number of amidine groups is 1. The number of aliphatic hydroxyl groups excluding tert-OH is 2. The molecule has 0 aromatic heterocycles. The summed E-state index contributed by atoms with van der Waals surface area (Å²) in [6, 6.07) is 6.88. The SMILES string of the molecule is N/C(=N/O)c1ccc(OCCN2CC(O)C(O)C2)cc1. The van der Waals surface area contributed by atoms with Gasteiger partial charge in [0.2, 0.25) is 0 Å². The Labute approximate surface area is 116 Å². The summed E-state index contributed by atoms with van der Waals surface area (Å²) in [4.78, 5) is 1.94. The maximum absolute atomic E-state index is 9.41. The molecule has 2 atom stereocenters. The molecule has 1 aliphatic heterocycles. The van der Waals surface area contributed by atoms with Crippen LogP contribution in [0.4, 0.5) is 0 Å². The lowest BCUT2D eigenvalue weighted by Gasteiger charge is -2.15. The zero-order chi connectivity index (χ0) is 14.5. The summed E-state index contributed by atoms with van der Waals surface area (Å²) in [7, 11) is 0. The highest BCUT2D eigenvalue weighted by molar-refractivity contribution is 5.97. The van der Waals surface area contributed by atoms with Gasteiger partial charge in [0.05, 0.1) is 12.2 Å². The topological polar surface area (TPSA) is 112 Å². The molecule has 1 saturated heterocycles. The Morgan fingerprint density at radius 2 is 1.85 bits per heavy atom. The van der Waals surface area contributed by atoms with E-state index in [0.29, 0.717) is 37.6 Å². The van der Waals surface area contributed by atoms with Gasteiger partial charge in [0.15, 0.2) is 5.84 Å². The van der Waals surface area contributed by atoms with Crippen LogP contribution in [0.15, 0.2) is 29.4 Å². The van der Waals surface area contributed by atoms with Crippen LogP contribution in [0.25, 0.3) is 0 Å². The maximum atomic E-state index is 9.41. The molecule has 110 valence electrons. The molecule has 2 rings (SSSR count). The zero-order valence-corrected chi connectivity index (χ0v) is 11.0. The van der Waals surface area contributed by atoms with Gasteiger partial charge in [0, 0.05) is 25.2 Å². The Bertz CT molecular complexity index is 453. The lowest BCUT2D eigenvalue weighted by Crippen LogP contribution is -2.27. The van der Waals surface area contributed by atoms with Gasteiger partial charge < -0.3 is 25.9 Å². The third-order valence-electron chi connectivity index (χ3n) is 3.27. The van der Waals surface area contributed by atoms with E-state index >= 15 is 0 Å². The molecule has 7 heteroatoms. The molecular weight excluding hydrogens is 262 g/mol. The fourth-order valence-electron chi connectivity index (χ4n) is 2.10. The lowest BCUT2D eigenvalue weighted by atomic mass is 10.2. The van der Waals surface area contributed by atoms with E-state index in [0.717, 1.165) is 0 Å². The first-order valence-electron chi connectivity index (χ1n) is 6.39. The molecule has 7 nitrogen and oxygen atoms in total. The van der Waals surface area contributed by atoms with E-state index in [2.05, 4.69) is 5.16 Å². The average molecular weight is 281 g/mol. The van der Waals surface area contributed by atoms with E-state index in [-0.39, 0.29) is 5.84 Å². The molecular formula is C13H19N3O4. The number of benzene rings is 1. The summed E-state index contributed by atoms with van der Waals surface area (Å²) in [6.45, 7) is 2.03. The summed E-state index contributed by atoms with van der Waals surface area (Å²) in [5.41, 5.74) is 6.07. The molecule has 0 aliphatic carbocycles. The molecule has 0 bridgehead atoms. The fourth-order valence-corrected chi connectivity index (χ4v) is 2.10. The third-order valence-corrected chi connectivity index (χ3v) is 3.27. The van der Waals surface area contributed by atoms with Crippen molar-refractivity contribution in [3.63, 3.8) is 0 Å². The molecule has 0 amide bonds. The predicted octanol–water partition coefficient (Wildman–Crippen LogP) is -0.803. The lowest BCUT2D eigenvalue weighted by molar-refractivity contribution is 0.0572. The van der Waals surface area contributed by atoms with Gasteiger partial charge in [-0.05, 0) is 24.3 Å². The van der Waals surface area contributed by atoms with Crippen LogP contribution < -0.4 is 10.5 Å². The van der Waals surface area contributed by atoms with Crippen molar-refractivity contribution in [3.8, 4) is 5.75 Å². The van der Waals surface area contributed by atoms with Crippen molar-refractivity contribution < 1.29 is 20.2 Å². The van der Waals surface area contributed by atoms with Crippen LogP contribution in [0.5, 0.6) is 5.75 Å². The average Bonchev–Trinajstić information content (AvgIpc) is 2.77. The van der Waals surface area contributed by atoms with Gasteiger partial charge in [-0.15, -0.1) is 0 Å². The fraction of sp³-hybridized carbons (Fsp3) is 0.462. The number of likely N-dealkylation sites (tertiary alicyclic amines) is 1. The first-order valence-corrected chi connectivity index (χ1v) is 6.39. The Morgan fingerprint density at radius 1 is 1.25 bits per heavy atom. The number of rotatable bonds is 5. The number of β-amino-alcohol motifs (C(OH)–C–C–N with tert-alkyl or cyclic N) is 2. The molecule has 2 unspecified atom stereocenters. The highest BCUT2D eigenvalue weighted by atomic mass is 16.5. The second kappa shape index (κ2) is 6.56. The van der Waals surface area contributed by atoms with Crippen LogP contribution in [0.3, 0.4) is 0 Å². The molecule has 5 N–H and O–H groups in total. The predicted molar refractivity (Wildman–Crippen MR) is 72.9 cm³/mol. The number of nitrogens with two attached hydrogens (primary N) is 1. The van der Waals surface area contributed by atoms with Crippen molar-refractivity contribution in [1.29, 1.82) is 0 Å². The summed E-state index contributed by atoms with van der Waals surface area (Å²) in [5, 5.41) is 30.3. The third kappa shape index (κ3) is 3.60. The van der Waals surface area contributed by atoms with Gasteiger partial charge in [-0.25, -0.2) is 0 Å². The van der Waals surface area contributed by atoms with Crippen LogP contribution in [-0.4, -0.2) is 64.6 Å². The Balaban J connectivity index is 1.77. The number of hydrogen-bond donors (Lipinski definition) is 4. The van der Waals surface area contributed by atoms with Gasteiger partial charge >= 0.3 is 0 Å². The van der Waals surface area contributed by atoms with E-state index in [9.17, 15) is 10.2 Å². The van der Waals surface area contributed by atoms with E-state index in [1.54, 1.807) is 24.3 Å². The van der Waals surface area contributed by atoms with Gasteiger partial charge in [-0.3, -0.25) is 4.90 Å². The largest absolute Gasteiger partial charge is 0.492 e. The van der Waals surface area contributed by atoms with Crippen molar-refractivity contribution in [2.24, 2.45) is 10.9 Å². The molecule has 0 spiro atoms. The summed E-state index contributed by atoms with van der Waals surface area (Å²) in [6.07, 6.45) is -1.34. The van der Waals surface area contributed by atoms with Crippen LogP contribution >= 0.6 is 0 Å². The smallest absolute Gasteiger partial charge is 0.170 e. The molecule has 1 aliphatic rings. The molecule has 0 saturated carbocycles. The van der Waals surface area contributed by atoms with Crippen molar-refractivity contribution in [3.05, 3.63) is 29.8 Å². The van der Waals surface area contributed by atoms with Crippen molar-refractivity contribution in [1.82, 2.24) is 4.90 Å². The summed E-state index contributed by atoms with van der Waals surface area (Å²) < 4.78 is 5.56. The van der Waals surface area contributed by atoms with Crippen molar-refractivity contribution in [2.45, 2.75) is 12.2 Å². The van der Waals surface area contributed by atoms with Crippen molar-refractivity contribution >= 4 is 5.84 Å². The highest BCUT2D eigenvalue weighted by Gasteiger charge is 2.28. The first kappa shape index (κ1) is 14.6. The molecule has 1 fully saturated rings. The van der Waals surface area contributed by atoms with Crippen LogP contribution in [0, 0.1) is 0 Å². The number of nitrogens with zero attached hydrogens (tertiary/aromatic N) is 2. The Hall–Kier alpha value is -1.83. The van der Waals surface area contributed by atoms with Crippen LogP contribution in [-0.2, 0) is 0 Å². The quantitative estimate of drug-likeness (QED) is 0.243. The van der Waals surface area contributed by atoms with E-state index in [1.807, 2.05) is 4.90 Å². The second-order valence-electron chi connectivity index (χ2n) is 4.75. The van der Waals surface area contributed by atoms with Crippen LogP contribution in [0.1, 0.15) is 5.56 Å². The first-order chi connectivity index (χ1) is 9.60. The van der Waals surface area contributed by atoms with Crippen molar-refractivity contribution in [2.75, 3.05) is 26.2 Å².